The first kappa shape index (κ1) is 18.5. The van der Waals surface area contributed by atoms with Gasteiger partial charge in [-0.05, 0) is 32.9 Å². The van der Waals surface area contributed by atoms with Gasteiger partial charge >= 0.3 is 12.1 Å². The second-order valence-corrected chi connectivity index (χ2v) is 6.94. The molecule has 8 heteroatoms. The third kappa shape index (κ3) is 3.25. The Morgan fingerprint density at radius 1 is 1.07 bits per heavy atom. The summed E-state index contributed by atoms with van der Waals surface area (Å²) in [6, 6.07) is 4.47. The van der Waals surface area contributed by atoms with Crippen molar-refractivity contribution >= 4 is 33.9 Å². The van der Waals surface area contributed by atoms with E-state index in [-0.39, 0.29) is 17.2 Å². The van der Waals surface area contributed by atoms with Gasteiger partial charge in [-0.15, -0.1) is 0 Å². The number of methoxy groups -OCH3 is 2. The van der Waals surface area contributed by atoms with Crippen LogP contribution >= 0.6 is 0 Å². The van der Waals surface area contributed by atoms with Crippen LogP contribution in [0.1, 0.15) is 31.3 Å². The van der Waals surface area contributed by atoms with Gasteiger partial charge in [0.25, 0.3) is 0 Å². The van der Waals surface area contributed by atoms with Crippen LogP contribution in [-0.4, -0.2) is 46.5 Å². The predicted molar refractivity (Wildman–Crippen MR) is 98.4 cm³/mol. The van der Waals surface area contributed by atoms with E-state index in [9.17, 15) is 14.7 Å². The van der Waals surface area contributed by atoms with Crippen LogP contribution < -0.4 is 4.74 Å². The summed E-state index contributed by atoms with van der Waals surface area (Å²) in [5, 5.41) is 11.4. The quantitative estimate of drug-likeness (QED) is 0.688. The predicted octanol–water partition coefficient (Wildman–Crippen LogP) is 3.47. The van der Waals surface area contributed by atoms with Crippen molar-refractivity contribution in [3.63, 3.8) is 0 Å². The van der Waals surface area contributed by atoms with Crippen molar-refractivity contribution in [2.45, 2.75) is 26.4 Å². The summed E-state index contributed by atoms with van der Waals surface area (Å²) < 4.78 is 16.7. The third-order valence-corrected chi connectivity index (χ3v) is 3.92. The van der Waals surface area contributed by atoms with Gasteiger partial charge in [-0.25, -0.2) is 19.1 Å². The molecular weight excluding hydrogens is 352 g/mol. The fraction of sp³-hybridized carbons (Fsp3) is 0.316. The molecule has 0 saturated carbocycles. The van der Waals surface area contributed by atoms with E-state index < -0.39 is 17.7 Å². The number of phenolic OH excluding ortho intramolecular Hbond substituents is 1. The zero-order chi connectivity index (χ0) is 19.9. The number of carbonyl (C=O) groups is 2. The number of aromatic nitrogens is 2. The van der Waals surface area contributed by atoms with Gasteiger partial charge in [-0.3, -0.25) is 0 Å². The minimum atomic E-state index is -0.729. The van der Waals surface area contributed by atoms with Gasteiger partial charge in [0.2, 0.25) is 0 Å². The highest BCUT2D eigenvalue weighted by molar-refractivity contribution is 6.14. The van der Waals surface area contributed by atoms with Crippen LogP contribution in [0.15, 0.2) is 24.4 Å². The smallest absolute Gasteiger partial charge is 0.419 e. The van der Waals surface area contributed by atoms with E-state index in [1.54, 1.807) is 26.8 Å². The van der Waals surface area contributed by atoms with Crippen LogP contribution in [0.5, 0.6) is 11.5 Å². The second kappa shape index (κ2) is 6.46. The lowest BCUT2D eigenvalue weighted by Crippen LogP contribution is -2.27. The average Bonchev–Trinajstić information content (AvgIpc) is 2.91. The Hall–Kier alpha value is -3.29. The lowest BCUT2D eigenvalue weighted by molar-refractivity contribution is 0.0547. The molecule has 27 heavy (non-hydrogen) atoms. The van der Waals surface area contributed by atoms with E-state index in [4.69, 9.17) is 14.2 Å². The Morgan fingerprint density at radius 3 is 2.33 bits per heavy atom. The highest BCUT2D eigenvalue weighted by Crippen LogP contribution is 2.37. The monoisotopic (exact) mass is 372 g/mol. The maximum atomic E-state index is 12.9. The highest BCUT2D eigenvalue weighted by Gasteiger charge is 2.24. The van der Waals surface area contributed by atoms with E-state index in [0.29, 0.717) is 21.8 Å². The minimum Gasteiger partial charge on any atom is -0.504 e. The first-order chi connectivity index (χ1) is 12.7. The molecule has 0 fully saturated rings. The number of esters is 1. The van der Waals surface area contributed by atoms with Crippen LogP contribution in [0.2, 0.25) is 0 Å². The molecule has 0 aliphatic heterocycles. The highest BCUT2D eigenvalue weighted by atomic mass is 16.6. The van der Waals surface area contributed by atoms with Crippen LogP contribution in [0, 0.1) is 0 Å². The maximum Gasteiger partial charge on any atom is 0.419 e. The molecule has 0 aliphatic rings. The summed E-state index contributed by atoms with van der Waals surface area (Å²) in [5.74, 6) is -0.500. The lowest BCUT2D eigenvalue weighted by atomic mass is 10.1. The van der Waals surface area contributed by atoms with Crippen LogP contribution in [0.25, 0.3) is 21.8 Å². The number of phenols is 1. The molecule has 0 saturated heterocycles. The average molecular weight is 372 g/mol. The number of hydrogen-bond donors (Lipinski definition) is 1. The van der Waals surface area contributed by atoms with Crippen LogP contribution in [0.3, 0.4) is 0 Å². The summed E-state index contributed by atoms with van der Waals surface area (Å²) in [5.41, 5.74) is 0.129. The first-order valence-electron chi connectivity index (χ1n) is 8.19. The van der Waals surface area contributed by atoms with Crippen LogP contribution in [0.4, 0.5) is 4.79 Å². The molecular formula is C19H20N2O6. The Balaban J connectivity index is 2.37. The van der Waals surface area contributed by atoms with E-state index >= 15 is 0 Å². The number of fused-ring (bicyclic) bond motifs is 3. The molecule has 2 aromatic heterocycles. The third-order valence-electron chi connectivity index (χ3n) is 3.92. The van der Waals surface area contributed by atoms with Crippen molar-refractivity contribution in [3.8, 4) is 11.5 Å². The molecule has 0 amide bonds. The van der Waals surface area contributed by atoms with Gasteiger partial charge in [0.05, 0.1) is 25.3 Å². The Bertz CT molecular complexity index is 1060. The zero-order valence-electron chi connectivity index (χ0n) is 15.7. The first-order valence-corrected chi connectivity index (χ1v) is 8.19. The van der Waals surface area contributed by atoms with Crippen molar-refractivity contribution < 1.29 is 28.9 Å². The van der Waals surface area contributed by atoms with Gasteiger partial charge in [-0.2, -0.15) is 0 Å². The van der Waals surface area contributed by atoms with Crippen molar-refractivity contribution in [3.05, 3.63) is 30.1 Å². The zero-order valence-corrected chi connectivity index (χ0v) is 15.7. The van der Waals surface area contributed by atoms with E-state index in [1.807, 2.05) is 0 Å². The molecule has 0 atom stereocenters. The topological polar surface area (TPSA) is 99.9 Å². The maximum absolute atomic E-state index is 12.9. The summed E-state index contributed by atoms with van der Waals surface area (Å²) in [7, 11) is 2.68. The molecule has 1 N–H and O–H groups in total. The van der Waals surface area contributed by atoms with E-state index in [2.05, 4.69) is 4.98 Å². The lowest BCUT2D eigenvalue weighted by Gasteiger charge is -2.20. The van der Waals surface area contributed by atoms with Crippen molar-refractivity contribution in [1.29, 1.82) is 0 Å². The van der Waals surface area contributed by atoms with E-state index in [1.165, 1.54) is 37.1 Å². The number of ether oxygens (including phenoxy) is 3. The fourth-order valence-corrected chi connectivity index (χ4v) is 2.81. The number of nitrogens with zero attached hydrogens (tertiary/aromatic N) is 2. The molecule has 0 aliphatic carbocycles. The Morgan fingerprint density at radius 2 is 1.74 bits per heavy atom. The molecule has 0 spiro atoms. The molecule has 3 rings (SSSR count). The number of carbonyl (C=O) groups excluding carboxylic acids is 2. The molecule has 0 bridgehead atoms. The van der Waals surface area contributed by atoms with Gasteiger partial charge < -0.3 is 19.3 Å². The molecule has 3 aromatic rings. The second-order valence-electron chi connectivity index (χ2n) is 6.94. The molecule has 1 aromatic carbocycles. The normalized spacial score (nSPS) is 11.6. The molecule has 142 valence electrons. The number of rotatable bonds is 2. The number of hydrogen-bond acceptors (Lipinski definition) is 7. The summed E-state index contributed by atoms with van der Waals surface area (Å²) in [6.07, 6.45) is 0.829. The van der Waals surface area contributed by atoms with Gasteiger partial charge in [0, 0.05) is 23.0 Å². The summed E-state index contributed by atoms with van der Waals surface area (Å²) in [6.45, 7) is 5.25. The molecule has 8 nitrogen and oxygen atoms in total. The largest absolute Gasteiger partial charge is 0.504 e. The number of aromatic hydroxyl groups is 1. The van der Waals surface area contributed by atoms with Crippen molar-refractivity contribution in [2.75, 3.05) is 14.2 Å². The summed E-state index contributed by atoms with van der Waals surface area (Å²) in [4.78, 5) is 28.8. The number of benzene rings is 1. The minimum absolute atomic E-state index is 0.0498. The van der Waals surface area contributed by atoms with Crippen LogP contribution in [-0.2, 0) is 9.47 Å². The molecule has 0 unspecified atom stereocenters. The molecule has 2 heterocycles. The SMILES string of the molecule is COC(=O)c1cc2c(cn1)c1cc(OC)c(O)cc1n2C(=O)OC(C)(C)C. The Labute approximate surface area is 155 Å². The summed E-state index contributed by atoms with van der Waals surface area (Å²) >= 11 is 0. The van der Waals surface area contributed by atoms with Crippen molar-refractivity contribution in [1.82, 2.24) is 9.55 Å². The van der Waals surface area contributed by atoms with E-state index in [0.717, 1.165) is 0 Å². The number of pyridine rings is 1. The Kier molecular flexibility index (Phi) is 4.43. The molecule has 0 radical (unpaired) electrons. The van der Waals surface area contributed by atoms with Gasteiger partial charge in [0.15, 0.2) is 11.5 Å². The standard InChI is InChI=1S/C19H20N2O6/c1-19(2,3)27-18(24)21-13-7-12(17(23)26-5)20-9-11(13)10-6-16(25-4)15(22)8-14(10)21/h6-9,22H,1-5H3. The fourth-order valence-electron chi connectivity index (χ4n) is 2.81. The van der Waals surface area contributed by atoms with Crippen molar-refractivity contribution in [2.24, 2.45) is 0 Å². The van der Waals surface area contributed by atoms with Gasteiger partial charge in [0.1, 0.15) is 11.3 Å². The van der Waals surface area contributed by atoms with Gasteiger partial charge in [-0.1, -0.05) is 0 Å².